The number of nitrogens with zero attached hydrogens (tertiary/aromatic N) is 1. The maximum Gasteiger partial charge on any atom is 0.407 e. The summed E-state index contributed by atoms with van der Waals surface area (Å²) in [6.45, 7) is 14.5. The molecule has 9 nitrogen and oxygen atoms in total. The van der Waals surface area contributed by atoms with Crippen LogP contribution in [0, 0.1) is 46.3 Å². The number of ether oxygens (including phenoxy) is 2. The van der Waals surface area contributed by atoms with E-state index >= 15 is 0 Å². The molecule has 9 heteroatoms. The number of allylic oxidation sites excluding steroid dienone is 1. The third kappa shape index (κ3) is 10.1. The van der Waals surface area contributed by atoms with Gasteiger partial charge in [-0.25, -0.2) is 4.79 Å². The van der Waals surface area contributed by atoms with Crippen molar-refractivity contribution in [3.05, 3.63) is 11.6 Å². The van der Waals surface area contributed by atoms with Gasteiger partial charge in [0, 0.05) is 25.9 Å². The number of carbonyl (C=O) groups is 4. The summed E-state index contributed by atoms with van der Waals surface area (Å²) in [4.78, 5) is 49.5. The molecular formula is C41H68N2O7. The first kappa shape index (κ1) is 40.2. The highest BCUT2D eigenvalue weighted by atomic mass is 16.6. The van der Waals surface area contributed by atoms with Gasteiger partial charge < -0.3 is 24.8 Å². The predicted molar refractivity (Wildman–Crippen MR) is 195 cm³/mol. The quantitative estimate of drug-likeness (QED) is 0.0835. The van der Waals surface area contributed by atoms with Crippen LogP contribution in [0.5, 0.6) is 0 Å². The minimum atomic E-state index is -1.03. The Morgan fingerprint density at radius 3 is 2.46 bits per heavy atom. The number of carboxylic acid groups (broad SMARTS) is 1. The van der Waals surface area contributed by atoms with E-state index < -0.39 is 11.9 Å². The molecule has 2 amide bonds. The number of hydrogen-bond donors (Lipinski definition) is 2. The number of rotatable bonds is 18. The molecule has 284 valence electrons. The first-order valence-electron chi connectivity index (χ1n) is 20.1. The van der Waals surface area contributed by atoms with Crippen LogP contribution in [0.4, 0.5) is 4.79 Å². The second kappa shape index (κ2) is 18.3. The highest BCUT2D eigenvalue weighted by molar-refractivity contribution is 5.82. The third-order valence-electron chi connectivity index (χ3n) is 13.4. The van der Waals surface area contributed by atoms with Crippen molar-refractivity contribution in [3.63, 3.8) is 0 Å². The van der Waals surface area contributed by atoms with Gasteiger partial charge in [-0.05, 0) is 111 Å². The van der Waals surface area contributed by atoms with Crippen LogP contribution in [0.15, 0.2) is 11.6 Å². The van der Waals surface area contributed by atoms with Crippen LogP contribution in [0.2, 0.25) is 0 Å². The molecule has 8 atom stereocenters. The van der Waals surface area contributed by atoms with Crippen molar-refractivity contribution in [2.45, 2.75) is 150 Å². The minimum absolute atomic E-state index is 0.0304. The van der Waals surface area contributed by atoms with E-state index in [4.69, 9.17) is 14.6 Å². The predicted octanol–water partition coefficient (Wildman–Crippen LogP) is 8.55. The number of carbonyl (C=O) groups excluding carboxylic acids is 3. The van der Waals surface area contributed by atoms with Gasteiger partial charge in [-0.2, -0.15) is 0 Å². The monoisotopic (exact) mass is 701 g/mol. The van der Waals surface area contributed by atoms with Crippen LogP contribution >= 0.6 is 0 Å². The van der Waals surface area contributed by atoms with E-state index in [9.17, 15) is 19.2 Å². The fraction of sp³-hybridized carbons (Fsp3) is 0.854. The molecule has 0 aromatic carbocycles. The summed E-state index contributed by atoms with van der Waals surface area (Å²) >= 11 is 0. The lowest BCUT2D eigenvalue weighted by molar-refractivity contribution is -0.150. The largest absolute Gasteiger partial charge is 0.481 e. The SMILES string of the molecule is CCOC(=O)CN(CCC(=O)O)C(=O)CCCCCNC(=O)OC1CCC2(C)C(=CCC3C2CCC2(C)C(C(C)CCCC(C)C)CCC32)C1. The van der Waals surface area contributed by atoms with Gasteiger partial charge in [-0.1, -0.05) is 72.0 Å². The molecule has 3 saturated carbocycles. The summed E-state index contributed by atoms with van der Waals surface area (Å²) in [6, 6.07) is 0. The van der Waals surface area contributed by atoms with Gasteiger partial charge in [0.05, 0.1) is 13.0 Å². The van der Waals surface area contributed by atoms with Gasteiger partial charge in [-0.3, -0.25) is 14.4 Å². The van der Waals surface area contributed by atoms with E-state index in [1.807, 2.05) is 0 Å². The van der Waals surface area contributed by atoms with Crippen molar-refractivity contribution in [2.75, 3.05) is 26.2 Å². The van der Waals surface area contributed by atoms with Crippen molar-refractivity contribution in [3.8, 4) is 0 Å². The Morgan fingerprint density at radius 1 is 0.960 bits per heavy atom. The summed E-state index contributed by atoms with van der Waals surface area (Å²) < 4.78 is 10.9. The fourth-order valence-electron chi connectivity index (χ4n) is 10.8. The third-order valence-corrected chi connectivity index (χ3v) is 13.4. The Kier molecular flexibility index (Phi) is 14.7. The number of alkyl carbamates (subject to hydrolysis) is 1. The van der Waals surface area contributed by atoms with Crippen molar-refractivity contribution in [1.29, 1.82) is 0 Å². The van der Waals surface area contributed by atoms with Crippen molar-refractivity contribution < 1.29 is 33.8 Å². The van der Waals surface area contributed by atoms with E-state index in [-0.39, 0.29) is 56.1 Å². The first-order valence-corrected chi connectivity index (χ1v) is 20.1. The molecule has 4 rings (SSSR count). The molecule has 2 N–H and O–H groups in total. The normalized spacial score (nSPS) is 30.7. The average Bonchev–Trinajstić information content (AvgIpc) is 3.41. The van der Waals surface area contributed by atoms with Crippen molar-refractivity contribution >= 4 is 23.9 Å². The van der Waals surface area contributed by atoms with Crippen LogP contribution < -0.4 is 5.32 Å². The maximum atomic E-state index is 12.7. The number of carboxylic acids is 1. The number of esters is 1. The summed E-state index contributed by atoms with van der Waals surface area (Å²) in [6.07, 6.45) is 17.7. The number of aliphatic carboxylic acids is 1. The number of amides is 2. The molecule has 8 unspecified atom stereocenters. The molecule has 0 spiro atoms. The number of hydrogen-bond acceptors (Lipinski definition) is 6. The molecule has 4 aliphatic carbocycles. The van der Waals surface area contributed by atoms with Crippen LogP contribution in [0.1, 0.15) is 144 Å². The van der Waals surface area contributed by atoms with E-state index in [0.29, 0.717) is 31.2 Å². The van der Waals surface area contributed by atoms with Crippen molar-refractivity contribution in [1.82, 2.24) is 10.2 Å². The number of nitrogens with one attached hydrogen (secondary N) is 1. The van der Waals surface area contributed by atoms with Crippen LogP contribution in [0.25, 0.3) is 0 Å². The van der Waals surface area contributed by atoms with Gasteiger partial charge in [0.1, 0.15) is 12.6 Å². The average molecular weight is 701 g/mol. The Balaban J connectivity index is 1.19. The second-order valence-electron chi connectivity index (χ2n) is 17.1. The van der Waals surface area contributed by atoms with E-state index in [1.54, 1.807) is 6.92 Å². The molecule has 0 heterocycles. The highest BCUT2D eigenvalue weighted by Crippen LogP contribution is 2.67. The zero-order chi connectivity index (χ0) is 36.5. The second-order valence-corrected chi connectivity index (χ2v) is 17.1. The summed E-state index contributed by atoms with van der Waals surface area (Å²) in [5.74, 6) is 3.03. The maximum absolute atomic E-state index is 12.7. The number of unbranched alkanes of at least 4 members (excludes halogenated alkanes) is 2. The molecule has 3 fully saturated rings. The fourth-order valence-corrected chi connectivity index (χ4v) is 10.8. The topological polar surface area (TPSA) is 122 Å². The van der Waals surface area contributed by atoms with E-state index in [0.717, 1.165) is 54.8 Å². The molecule has 0 aromatic heterocycles. The summed E-state index contributed by atoms with van der Waals surface area (Å²) in [5.41, 5.74) is 2.23. The van der Waals surface area contributed by atoms with Gasteiger partial charge in [-0.15, -0.1) is 0 Å². The van der Waals surface area contributed by atoms with E-state index in [2.05, 4.69) is 46.0 Å². The lowest BCUT2D eigenvalue weighted by atomic mass is 9.47. The molecule has 0 radical (unpaired) electrons. The molecule has 0 saturated heterocycles. The smallest absolute Gasteiger partial charge is 0.407 e. The Labute approximate surface area is 302 Å². The number of fused-ring (bicyclic) bond motifs is 5. The zero-order valence-electron chi connectivity index (χ0n) is 32.1. The van der Waals surface area contributed by atoms with Crippen molar-refractivity contribution in [2.24, 2.45) is 46.3 Å². The van der Waals surface area contributed by atoms with Crippen LogP contribution in [-0.4, -0.2) is 66.3 Å². The minimum Gasteiger partial charge on any atom is -0.481 e. The van der Waals surface area contributed by atoms with Crippen LogP contribution in [0.3, 0.4) is 0 Å². The standard InChI is InChI=1S/C41H68N2O7/c1-7-49-38(47)27-43(25-21-37(45)46)36(44)14-9-8-10-24-42-39(48)50-31-19-22-40(5)30(26-31)15-16-32-34-18-17-33(29(4)13-11-12-28(2)3)41(34,6)23-20-35(32)40/h15,28-29,31-35H,7-14,16-27H2,1-6H3,(H,42,48)(H,45,46). The van der Waals surface area contributed by atoms with Gasteiger partial charge in [0.15, 0.2) is 0 Å². The zero-order valence-corrected chi connectivity index (χ0v) is 32.1. The Hall–Kier alpha value is -2.58. The van der Waals surface area contributed by atoms with E-state index in [1.165, 1.54) is 61.8 Å². The Morgan fingerprint density at radius 2 is 1.74 bits per heavy atom. The molecule has 50 heavy (non-hydrogen) atoms. The summed E-state index contributed by atoms with van der Waals surface area (Å²) in [5, 5.41) is 11.9. The van der Waals surface area contributed by atoms with Gasteiger partial charge >= 0.3 is 18.0 Å². The first-order chi connectivity index (χ1) is 23.8. The molecular weight excluding hydrogens is 632 g/mol. The molecule has 4 aliphatic rings. The Bertz CT molecular complexity index is 1200. The molecule has 0 bridgehead atoms. The van der Waals surface area contributed by atoms with Crippen LogP contribution in [-0.2, 0) is 23.9 Å². The van der Waals surface area contributed by atoms with Gasteiger partial charge in [0.2, 0.25) is 5.91 Å². The molecule has 0 aliphatic heterocycles. The lowest BCUT2D eigenvalue weighted by Crippen LogP contribution is -2.51. The molecule has 0 aromatic rings. The highest BCUT2D eigenvalue weighted by Gasteiger charge is 2.59. The summed E-state index contributed by atoms with van der Waals surface area (Å²) in [7, 11) is 0. The lowest BCUT2D eigenvalue weighted by Gasteiger charge is -2.58. The van der Waals surface area contributed by atoms with Gasteiger partial charge in [0.25, 0.3) is 0 Å².